The van der Waals surface area contributed by atoms with Crippen LogP contribution in [0.25, 0.3) is 0 Å². The lowest BCUT2D eigenvalue weighted by Crippen LogP contribution is -2.44. The fraction of sp³-hybridized carbons (Fsp3) is 0.467. The summed E-state index contributed by atoms with van der Waals surface area (Å²) in [5.74, 6) is -0.169. The van der Waals surface area contributed by atoms with Crippen LogP contribution in [0.2, 0.25) is 0 Å². The van der Waals surface area contributed by atoms with E-state index in [1.165, 1.54) is 0 Å². The number of anilines is 1. The minimum atomic E-state index is -0.218. The van der Waals surface area contributed by atoms with Crippen LogP contribution >= 0.6 is 0 Å². The molecular formula is C15H21N3O2. The van der Waals surface area contributed by atoms with E-state index in [4.69, 9.17) is 0 Å². The highest BCUT2D eigenvalue weighted by atomic mass is 16.2. The molecule has 108 valence electrons. The molecule has 1 fully saturated rings. The minimum absolute atomic E-state index is 0.0124. The van der Waals surface area contributed by atoms with Crippen molar-refractivity contribution in [2.24, 2.45) is 0 Å². The molecule has 0 spiro atoms. The van der Waals surface area contributed by atoms with E-state index in [0.717, 1.165) is 24.2 Å². The lowest BCUT2D eigenvalue weighted by Gasteiger charge is -2.22. The molecule has 1 unspecified atom stereocenters. The number of nitrogens with zero attached hydrogens (tertiary/aromatic N) is 1. The van der Waals surface area contributed by atoms with Crippen molar-refractivity contribution < 1.29 is 9.59 Å². The molecule has 0 bridgehead atoms. The zero-order valence-electron chi connectivity index (χ0n) is 12.0. The maximum Gasteiger partial charge on any atom is 0.243 e. The second-order valence-corrected chi connectivity index (χ2v) is 5.20. The second kappa shape index (κ2) is 6.52. The smallest absolute Gasteiger partial charge is 0.243 e. The predicted molar refractivity (Wildman–Crippen MR) is 78.5 cm³/mol. The first-order valence-electron chi connectivity index (χ1n) is 6.95. The first-order chi connectivity index (χ1) is 9.56. The third-order valence-electron chi connectivity index (χ3n) is 3.41. The molecule has 1 heterocycles. The second-order valence-electron chi connectivity index (χ2n) is 5.20. The van der Waals surface area contributed by atoms with E-state index in [0.29, 0.717) is 6.54 Å². The molecular weight excluding hydrogens is 254 g/mol. The Bertz CT molecular complexity index is 484. The molecule has 0 aliphatic carbocycles. The highest BCUT2D eigenvalue weighted by Gasteiger charge is 2.24. The zero-order chi connectivity index (χ0) is 14.5. The molecule has 2 rings (SSSR count). The van der Waals surface area contributed by atoms with Gasteiger partial charge in [0.15, 0.2) is 0 Å². The molecule has 5 heteroatoms. The normalized spacial score (nSPS) is 19.6. The maximum absolute atomic E-state index is 12.1. The zero-order valence-corrected chi connectivity index (χ0v) is 12.0. The number of carbonyl (C=O) groups is 2. The molecule has 1 atom stereocenters. The molecule has 1 aliphatic heterocycles. The van der Waals surface area contributed by atoms with Crippen molar-refractivity contribution in [3.63, 3.8) is 0 Å². The number of aryl methyl sites for hydroxylation is 1. The number of hydrogen-bond acceptors (Lipinski definition) is 3. The fourth-order valence-corrected chi connectivity index (χ4v) is 2.23. The molecule has 2 amide bonds. The van der Waals surface area contributed by atoms with Crippen LogP contribution < -0.4 is 10.6 Å². The Morgan fingerprint density at radius 1 is 1.40 bits per heavy atom. The van der Waals surface area contributed by atoms with Gasteiger partial charge in [-0.2, -0.15) is 0 Å². The van der Waals surface area contributed by atoms with Crippen molar-refractivity contribution in [3.05, 3.63) is 29.8 Å². The molecule has 5 nitrogen and oxygen atoms in total. The van der Waals surface area contributed by atoms with Gasteiger partial charge in [-0.1, -0.05) is 17.7 Å². The Morgan fingerprint density at radius 2 is 2.10 bits per heavy atom. The Hall–Kier alpha value is -1.88. The first-order valence-corrected chi connectivity index (χ1v) is 6.95. The van der Waals surface area contributed by atoms with Gasteiger partial charge in [-0.05, 0) is 38.9 Å². The van der Waals surface area contributed by atoms with Crippen molar-refractivity contribution in [3.8, 4) is 0 Å². The predicted octanol–water partition coefficient (Wildman–Crippen LogP) is 1.14. The Morgan fingerprint density at radius 3 is 2.80 bits per heavy atom. The third kappa shape index (κ3) is 3.81. The molecule has 1 aliphatic rings. The standard InChI is InChI=1S/C15H21N3O2/c1-11-4-6-13(7-5-11)17-14(19)10-18-9-3-8-16-12(2)15(18)20/h4-7,12,16H,3,8-10H2,1-2H3,(H,17,19). The summed E-state index contributed by atoms with van der Waals surface area (Å²) >= 11 is 0. The van der Waals surface area contributed by atoms with Crippen molar-refractivity contribution in [2.75, 3.05) is 25.0 Å². The Labute approximate surface area is 119 Å². The van der Waals surface area contributed by atoms with E-state index in [1.54, 1.807) is 4.90 Å². The van der Waals surface area contributed by atoms with Gasteiger partial charge in [0, 0.05) is 12.2 Å². The van der Waals surface area contributed by atoms with Crippen LogP contribution in [-0.2, 0) is 9.59 Å². The number of benzene rings is 1. The van der Waals surface area contributed by atoms with Gasteiger partial charge in [0.05, 0.1) is 12.6 Å². The molecule has 20 heavy (non-hydrogen) atoms. The van der Waals surface area contributed by atoms with Gasteiger partial charge in [0.1, 0.15) is 0 Å². The van der Waals surface area contributed by atoms with Crippen LogP contribution in [0.15, 0.2) is 24.3 Å². The lowest BCUT2D eigenvalue weighted by molar-refractivity contribution is -0.135. The minimum Gasteiger partial charge on any atom is -0.332 e. The summed E-state index contributed by atoms with van der Waals surface area (Å²) in [5, 5.41) is 5.95. The topological polar surface area (TPSA) is 61.4 Å². The van der Waals surface area contributed by atoms with E-state index < -0.39 is 0 Å². The van der Waals surface area contributed by atoms with Gasteiger partial charge in [-0.3, -0.25) is 9.59 Å². The molecule has 1 saturated heterocycles. The van der Waals surface area contributed by atoms with Crippen molar-refractivity contribution in [1.82, 2.24) is 10.2 Å². The van der Waals surface area contributed by atoms with Crippen LogP contribution in [0.3, 0.4) is 0 Å². The number of amides is 2. The van der Waals surface area contributed by atoms with Crippen LogP contribution in [0.1, 0.15) is 18.9 Å². The molecule has 1 aromatic carbocycles. The van der Waals surface area contributed by atoms with Gasteiger partial charge >= 0.3 is 0 Å². The summed E-state index contributed by atoms with van der Waals surface area (Å²) in [4.78, 5) is 25.7. The number of carbonyl (C=O) groups excluding carboxylic acids is 2. The summed E-state index contributed by atoms with van der Waals surface area (Å²) in [6.07, 6.45) is 0.869. The van der Waals surface area contributed by atoms with Crippen LogP contribution in [0.5, 0.6) is 0 Å². The summed E-state index contributed by atoms with van der Waals surface area (Å²) in [6, 6.07) is 7.39. The van der Waals surface area contributed by atoms with Crippen molar-refractivity contribution in [2.45, 2.75) is 26.3 Å². The summed E-state index contributed by atoms with van der Waals surface area (Å²) in [5.41, 5.74) is 1.90. The van der Waals surface area contributed by atoms with E-state index in [9.17, 15) is 9.59 Å². The number of hydrogen-bond donors (Lipinski definition) is 2. The van der Waals surface area contributed by atoms with E-state index in [2.05, 4.69) is 10.6 Å². The maximum atomic E-state index is 12.1. The van der Waals surface area contributed by atoms with Gasteiger partial charge < -0.3 is 15.5 Å². The van der Waals surface area contributed by atoms with Crippen molar-refractivity contribution >= 4 is 17.5 Å². The molecule has 0 saturated carbocycles. The summed E-state index contributed by atoms with van der Waals surface area (Å²) in [6.45, 7) is 5.37. The van der Waals surface area contributed by atoms with Crippen LogP contribution in [-0.4, -0.2) is 42.4 Å². The lowest BCUT2D eigenvalue weighted by atomic mass is 10.2. The van der Waals surface area contributed by atoms with Crippen LogP contribution in [0, 0.1) is 6.92 Å². The molecule has 2 N–H and O–H groups in total. The average molecular weight is 275 g/mol. The number of nitrogens with one attached hydrogen (secondary N) is 2. The molecule has 0 aromatic heterocycles. The SMILES string of the molecule is Cc1ccc(NC(=O)CN2CCCNC(C)C2=O)cc1. The van der Waals surface area contributed by atoms with Gasteiger partial charge in [0.25, 0.3) is 0 Å². The van der Waals surface area contributed by atoms with E-state index in [1.807, 2.05) is 38.1 Å². The van der Waals surface area contributed by atoms with Gasteiger partial charge in [-0.15, -0.1) is 0 Å². The number of rotatable bonds is 3. The molecule has 0 radical (unpaired) electrons. The fourth-order valence-electron chi connectivity index (χ4n) is 2.23. The Kier molecular flexibility index (Phi) is 4.74. The van der Waals surface area contributed by atoms with Crippen LogP contribution in [0.4, 0.5) is 5.69 Å². The third-order valence-corrected chi connectivity index (χ3v) is 3.41. The summed E-state index contributed by atoms with van der Waals surface area (Å²) < 4.78 is 0. The first kappa shape index (κ1) is 14.5. The quantitative estimate of drug-likeness (QED) is 0.869. The summed E-state index contributed by atoms with van der Waals surface area (Å²) in [7, 11) is 0. The van der Waals surface area contributed by atoms with Gasteiger partial charge in [0.2, 0.25) is 11.8 Å². The monoisotopic (exact) mass is 275 g/mol. The largest absolute Gasteiger partial charge is 0.332 e. The van der Waals surface area contributed by atoms with Gasteiger partial charge in [-0.25, -0.2) is 0 Å². The Balaban J connectivity index is 1.93. The van der Waals surface area contributed by atoms with E-state index in [-0.39, 0.29) is 24.4 Å². The highest BCUT2D eigenvalue weighted by Crippen LogP contribution is 2.09. The average Bonchev–Trinajstić information content (AvgIpc) is 2.57. The molecule has 1 aromatic rings. The highest BCUT2D eigenvalue weighted by molar-refractivity contribution is 5.95. The van der Waals surface area contributed by atoms with Crippen molar-refractivity contribution in [1.29, 1.82) is 0 Å². The van der Waals surface area contributed by atoms with E-state index >= 15 is 0 Å².